The van der Waals surface area contributed by atoms with E-state index in [1.807, 2.05) is 0 Å². The van der Waals surface area contributed by atoms with Crippen LogP contribution in [-0.2, 0) is 4.79 Å². The molecule has 0 heterocycles. The van der Waals surface area contributed by atoms with Crippen LogP contribution in [0.25, 0.3) is 0 Å². The number of hydrogen-bond donors (Lipinski definition) is 4. The summed E-state index contributed by atoms with van der Waals surface area (Å²) in [4.78, 5) is 10.6. The van der Waals surface area contributed by atoms with E-state index in [0.29, 0.717) is 13.1 Å². The highest BCUT2D eigenvalue weighted by molar-refractivity contribution is 5.78. The van der Waals surface area contributed by atoms with Gasteiger partial charge < -0.3 is 21.6 Å². The van der Waals surface area contributed by atoms with Crippen LogP contribution in [0.1, 0.15) is 12.8 Å². The zero-order chi connectivity index (χ0) is 13.3. The highest BCUT2D eigenvalue weighted by Crippen LogP contribution is 2.13. The lowest BCUT2D eigenvalue weighted by molar-refractivity contribution is -0.143. The lowest BCUT2D eigenvalue weighted by Crippen LogP contribution is -2.49. The maximum atomic E-state index is 13.2. The predicted molar refractivity (Wildman–Crippen MR) is 60.6 cm³/mol. The molecule has 0 aliphatic rings. The second-order valence-corrected chi connectivity index (χ2v) is 3.61. The fraction of sp³-hybridized carbons (Fsp3) is 0.600. The van der Waals surface area contributed by atoms with Crippen LogP contribution in [0.5, 0.6) is 0 Å². The minimum Gasteiger partial charge on any atom is -0.480 e. The van der Waals surface area contributed by atoms with Crippen LogP contribution in [0.15, 0.2) is 11.9 Å². The summed E-state index contributed by atoms with van der Waals surface area (Å²) in [6, 6.07) is 0. The van der Waals surface area contributed by atoms with E-state index >= 15 is 0 Å². The molecule has 5 N–H and O–H groups in total. The molecule has 0 rings (SSSR count). The monoisotopic (exact) mass is 249 g/mol. The van der Waals surface area contributed by atoms with Gasteiger partial charge >= 0.3 is 5.97 Å². The van der Waals surface area contributed by atoms with E-state index in [0.717, 1.165) is 12.3 Å². The topological polar surface area (TPSA) is 99.2 Å². The zero-order valence-corrected chi connectivity index (χ0v) is 9.38. The van der Waals surface area contributed by atoms with Gasteiger partial charge in [-0.15, -0.1) is 0 Å². The highest BCUT2D eigenvalue weighted by atomic mass is 19.1. The summed E-state index contributed by atoms with van der Waals surface area (Å²) in [5, 5.41) is 18.1. The molecular weight excluding hydrogens is 232 g/mol. The summed E-state index contributed by atoms with van der Waals surface area (Å²) >= 11 is 0. The molecule has 1 unspecified atom stereocenters. The largest absolute Gasteiger partial charge is 0.480 e. The number of carboxylic acid groups (broad SMARTS) is 1. The Kier molecular flexibility index (Phi) is 7.24. The third kappa shape index (κ3) is 6.08. The molecule has 5 nitrogen and oxygen atoms in total. The van der Waals surface area contributed by atoms with Gasteiger partial charge in [0.15, 0.2) is 0 Å². The van der Waals surface area contributed by atoms with Gasteiger partial charge in [0.25, 0.3) is 0 Å². The number of nitrogens with two attached hydrogens (primary N) is 1. The Balaban J connectivity index is 4.12. The van der Waals surface area contributed by atoms with Crippen molar-refractivity contribution >= 4 is 12.2 Å². The fourth-order valence-electron chi connectivity index (χ4n) is 0.976. The molecule has 17 heavy (non-hydrogen) atoms. The molecule has 0 spiro atoms. The molecule has 0 radical (unpaired) electrons. The lowest BCUT2D eigenvalue weighted by atomic mass is 9.98. The van der Waals surface area contributed by atoms with Gasteiger partial charge in [-0.3, -0.25) is 4.79 Å². The number of rotatable bonds is 9. The minimum atomic E-state index is -2.06. The van der Waals surface area contributed by atoms with Crippen molar-refractivity contribution < 1.29 is 18.7 Å². The third-order valence-electron chi connectivity index (χ3n) is 2.14. The summed E-state index contributed by atoms with van der Waals surface area (Å²) < 4.78 is 25.6. The van der Waals surface area contributed by atoms with E-state index < -0.39 is 30.4 Å². The number of nitrogens with one attached hydrogen (secondary N) is 2. The smallest absolute Gasteiger partial charge is 0.326 e. The quantitative estimate of drug-likeness (QED) is 0.355. The van der Waals surface area contributed by atoms with Crippen molar-refractivity contribution in [3.8, 4) is 0 Å². The molecule has 0 saturated carbocycles. The summed E-state index contributed by atoms with van der Waals surface area (Å²) in [6.07, 6.45) is 1.78. The van der Waals surface area contributed by atoms with E-state index in [2.05, 4.69) is 5.32 Å². The number of hydrogen-bond acceptors (Lipinski definition) is 4. The van der Waals surface area contributed by atoms with E-state index in [-0.39, 0.29) is 6.42 Å². The molecule has 0 aromatic carbocycles. The van der Waals surface area contributed by atoms with Crippen molar-refractivity contribution in [2.75, 3.05) is 19.8 Å². The number of carbonyl (C=O) groups is 1. The Morgan fingerprint density at radius 1 is 1.59 bits per heavy atom. The van der Waals surface area contributed by atoms with Crippen LogP contribution in [0.2, 0.25) is 0 Å². The molecular formula is C10H17F2N3O2. The van der Waals surface area contributed by atoms with Crippen molar-refractivity contribution in [2.45, 2.75) is 18.4 Å². The summed E-state index contributed by atoms with van der Waals surface area (Å²) in [6.45, 7) is -0.593. The van der Waals surface area contributed by atoms with Crippen LogP contribution >= 0.6 is 0 Å². The Labute approximate surface area is 98.2 Å². The molecule has 0 aromatic heterocycles. The average molecular weight is 249 g/mol. The van der Waals surface area contributed by atoms with Gasteiger partial charge in [0.05, 0.1) is 5.83 Å². The molecule has 0 saturated heterocycles. The summed E-state index contributed by atoms with van der Waals surface area (Å²) in [5.74, 6) is -2.04. The first kappa shape index (κ1) is 15.7. The van der Waals surface area contributed by atoms with Crippen LogP contribution < -0.4 is 11.1 Å². The van der Waals surface area contributed by atoms with E-state index in [9.17, 15) is 13.6 Å². The molecule has 7 heteroatoms. The Hall–Kier alpha value is -1.34. The van der Waals surface area contributed by atoms with Gasteiger partial charge in [-0.2, -0.15) is 0 Å². The molecule has 0 aliphatic carbocycles. The molecule has 1 atom stereocenters. The van der Waals surface area contributed by atoms with Gasteiger partial charge in [-0.05, 0) is 6.42 Å². The van der Waals surface area contributed by atoms with Gasteiger partial charge in [0.1, 0.15) is 12.2 Å². The highest BCUT2D eigenvalue weighted by Gasteiger charge is 2.33. The van der Waals surface area contributed by atoms with Gasteiger partial charge in [0, 0.05) is 25.7 Å². The van der Waals surface area contributed by atoms with Gasteiger partial charge in [-0.1, -0.05) is 6.08 Å². The van der Waals surface area contributed by atoms with E-state index in [1.165, 1.54) is 0 Å². The molecule has 0 aliphatic heterocycles. The Bertz CT molecular complexity index is 297. The Morgan fingerprint density at radius 3 is 2.71 bits per heavy atom. The molecule has 0 bridgehead atoms. The number of halogens is 2. The van der Waals surface area contributed by atoms with Crippen molar-refractivity contribution in [2.24, 2.45) is 5.73 Å². The number of carboxylic acids is 1. The van der Waals surface area contributed by atoms with Crippen molar-refractivity contribution in [1.82, 2.24) is 5.32 Å². The first-order chi connectivity index (χ1) is 7.96. The van der Waals surface area contributed by atoms with Gasteiger partial charge in [0.2, 0.25) is 0 Å². The van der Waals surface area contributed by atoms with Crippen LogP contribution in [0.3, 0.4) is 0 Å². The molecule has 0 fully saturated rings. The van der Waals surface area contributed by atoms with Gasteiger partial charge in [-0.25, -0.2) is 8.78 Å². The zero-order valence-electron chi connectivity index (χ0n) is 9.38. The molecule has 0 aromatic rings. The first-order valence-corrected chi connectivity index (χ1v) is 5.08. The third-order valence-corrected chi connectivity index (χ3v) is 2.14. The van der Waals surface area contributed by atoms with E-state index in [1.54, 1.807) is 0 Å². The molecule has 98 valence electrons. The van der Waals surface area contributed by atoms with Crippen LogP contribution in [-0.4, -0.2) is 42.6 Å². The van der Waals surface area contributed by atoms with Crippen molar-refractivity contribution in [3.05, 3.63) is 11.9 Å². The predicted octanol–water partition coefficient (Wildman–Crippen LogP) is 0.611. The minimum absolute atomic E-state index is 0.0514. The van der Waals surface area contributed by atoms with Crippen molar-refractivity contribution in [3.63, 3.8) is 0 Å². The lowest BCUT2D eigenvalue weighted by Gasteiger charge is -2.18. The van der Waals surface area contributed by atoms with E-state index in [4.69, 9.17) is 16.2 Å². The van der Waals surface area contributed by atoms with Crippen LogP contribution in [0.4, 0.5) is 8.78 Å². The Morgan fingerprint density at radius 2 is 2.24 bits per heavy atom. The fourth-order valence-corrected chi connectivity index (χ4v) is 0.976. The maximum absolute atomic E-state index is 13.2. The maximum Gasteiger partial charge on any atom is 0.326 e. The molecule has 0 amide bonds. The summed E-state index contributed by atoms with van der Waals surface area (Å²) in [7, 11) is 0. The summed E-state index contributed by atoms with van der Waals surface area (Å²) in [5.41, 5.74) is 3.18. The average Bonchev–Trinajstić information content (AvgIpc) is 2.31. The van der Waals surface area contributed by atoms with Crippen molar-refractivity contribution in [1.29, 1.82) is 5.41 Å². The SMILES string of the molecule is N=CCNCCC(F)=CCC(N)(CF)C(=O)O. The standard InChI is InChI=1S/C10H17F2N3O2/c11-7-10(14,9(16)17)3-1-8(12)2-5-15-6-4-13/h1,4,13,15H,2-3,5-7,14H2,(H,16,17). The number of aliphatic carboxylic acids is 1. The second-order valence-electron chi connectivity index (χ2n) is 3.61. The first-order valence-electron chi connectivity index (χ1n) is 5.08. The normalized spacial score (nSPS) is 15.4. The van der Waals surface area contributed by atoms with Crippen LogP contribution in [0, 0.1) is 5.41 Å². The second kappa shape index (κ2) is 7.86. The number of alkyl halides is 1.